The quantitative estimate of drug-likeness (QED) is 0.828. The van der Waals surface area contributed by atoms with Gasteiger partial charge in [0, 0.05) is 5.92 Å². The Kier molecular flexibility index (Phi) is 5.00. The number of H-pyrrole nitrogens is 1. The number of amides is 1. The molecule has 0 spiro atoms. The summed E-state index contributed by atoms with van der Waals surface area (Å²) in [5.74, 6) is 0.388. The molecule has 0 radical (unpaired) electrons. The summed E-state index contributed by atoms with van der Waals surface area (Å²) < 4.78 is 0. The highest BCUT2D eigenvalue weighted by atomic mass is 16.1. The molecule has 4 nitrogen and oxygen atoms in total. The molecule has 2 rings (SSSR count). The fraction of sp³-hybridized carbons (Fsp3) is 0.733. The largest absolute Gasteiger partial charge is 0.348 e. The summed E-state index contributed by atoms with van der Waals surface area (Å²) in [6, 6.07) is 0.134. The fourth-order valence-corrected chi connectivity index (χ4v) is 3.00. The number of carbonyl (C=O) groups is 1. The standard InChI is InChI=1S/C15H25N3O/c1-3-6-11(7-4-2)15(19)17-13-9-5-8-12-10-16-18-14(12)13/h10-11,13H,3-9H2,1-2H3,(H,16,18)(H,17,19)/t13-/m0/s1. The molecule has 1 atom stereocenters. The number of carbonyl (C=O) groups excluding carboxylic acids is 1. The number of nitrogens with one attached hydrogen (secondary N) is 2. The van der Waals surface area contributed by atoms with Crippen molar-refractivity contribution in [2.75, 3.05) is 0 Å². The van der Waals surface area contributed by atoms with Crippen molar-refractivity contribution in [1.82, 2.24) is 15.5 Å². The van der Waals surface area contributed by atoms with Gasteiger partial charge in [-0.2, -0.15) is 5.10 Å². The van der Waals surface area contributed by atoms with E-state index in [1.165, 1.54) is 5.56 Å². The molecule has 1 aromatic heterocycles. The van der Waals surface area contributed by atoms with Crippen molar-refractivity contribution in [3.63, 3.8) is 0 Å². The van der Waals surface area contributed by atoms with Crippen LogP contribution in [0.3, 0.4) is 0 Å². The van der Waals surface area contributed by atoms with E-state index in [-0.39, 0.29) is 17.9 Å². The fourth-order valence-electron chi connectivity index (χ4n) is 3.00. The Morgan fingerprint density at radius 3 is 2.89 bits per heavy atom. The third-order valence-electron chi connectivity index (χ3n) is 4.00. The molecule has 0 saturated heterocycles. The molecule has 1 aliphatic rings. The molecule has 1 aromatic rings. The molecule has 0 aliphatic heterocycles. The maximum absolute atomic E-state index is 12.4. The summed E-state index contributed by atoms with van der Waals surface area (Å²) >= 11 is 0. The molecule has 4 heteroatoms. The van der Waals surface area contributed by atoms with E-state index in [9.17, 15) is 4.79 Å². The van der Waals surface area contributed by atoms with E-state index in [1.807, 2.05) is 6.20 Å². The molecule has 2 N–H and O–H groups in total. The highest BCUT2D eigenvalue weighted by Crippen LogP contribution is 2.28. The first-order valence-corrected chi connectivity index (χ1v) is 7.58. The lowest BCUT2D eigenvalue weighted by Crippen LogP contribution is -2.35. The molecule has 0 aromatic carbocycles. The molecule has 0 saturated carbocycles. The minimum absolute atomic E-state index is 0.134. The van der Waals surface area contributed by atoms with Crippen molar-refractivity contribution >= 4 is 5.91 Å². The minimum Gasteiger partial charge on any atom is -0.348 e. The van der Waals surface area contributed by atoms with Crippen LogP contribution in [0.1, 0.15) is 69.7 Å². The molecule has 106 valence electrons. The predicted molar refractivity (Wildman–Crippen MR) is 75.7 cm³/mol. The zero-order valence-corrected chi connectivity index (χ0v) is 12.0. The van der Waals surface area contributed by atoms with Crippen molar-refractivity contribution < 1.29 is 4.79 Å². The van der Waals surface area contributed by atoms with E-state index in [0.717, 1.165) is 50.6 Å². The Morgan fingerprint density at radius 1 is 1.47 bits per heavy atom. The Hall–Kier alpha value is -1.32. The first kappa shape index (κ1) is 14.1. The monoisotopic (exact) mass is 263 g/mol. The molecular formula is C15H25N3O. The summed E-state index contributed by atoms with van der Waals surface area (Å²) in [5, 5.41) is 10.4. The number of rotatable bonds is 6. The van der Waals surface area contributed by atoms with Crippen LogP contribution in [0.5, 0.6) is 0 Å². The van der Waals surface area contributed by atoms with Crippen molar-refractivity contribution in [2.45, 2.75) is 64.8 Å². The van der Waals surface area contributed by atoms with Crippen LogP contribution >= 0.6 is 0 Å². The van der Waals surface area contributed by atoms with Gasteiger partial charge in [-0.1, -0.05) is 26.7 Å². The van der Waals surface area contributed by atoms with E-state index in [1.54, 1.807) is 0 Å². The summed E-state index contributed by atoms with van der Waals surface area (Å²) in [4.78, 5) is 12.4. The number of aromatic amines is 1. The van der Waals surface area contributed by atoms with Crippen LogP contribution in [0, 0.1) is 5.92 Å². The second kappa shape index (κ2) is 6.73. The Bertz CT molecular complexity index is 407. The van der Waals surface area contributed by atoms with Crippen molar-refractivity contribution in [2.24, 2.45) is 5.92 Å². The first-order chi connectivity index (χ1) is 9.26. The van der Waals surface area contributed by atoms with E-state index in [2.05, 4.69) is 29.4 Å². The summed E-state index contributed by atoms with van der Waals surface area (Å²) in [6.07, 6.45) is 9.23. The van der Waals surface area contributed by atoms with E-state index < -0.39 is 0 Å². The normalized spacial score (nSPS) is 18.4. The number of nitrogens with zero attached hydrogens (tertiary/aromatic N) is 1. The zero-order chi connectivity index (χ0) is 13.7. The van der Waals surface area contributed by atoms with Crippen LogP contribution in [-0.2, 0) is 11.2 Å². The first-order valence-electron chi connectivity index (χ1n) is 7.58. The van der Waals surface area contributed by atoms with Gasteiger partial charge in [0.2, 0.25) is 5.91 Å². The number of aryl methyl sites for hydroxylation is 1. The summed E-state index contributed by atoms with van der Waals surface area (Å²) in [6.45, 7) is 4.28. The molecular weight excluding hydrogens is 238 g/mol. The van der Waals surface area contributed by atoms with Gasteiger partial charge in [0.25, 0.3) is 0 Å². The lowest BCUT2D eigenvalue weighted by molar-refractivity contribution is -0.126. The highest BCUT2D eigenvalue weighted by Gasteiger charge is 2.26. The van der Waals surface area contributed by atoms with E-state index >= 15 is 0 Å². The van der Waals surface area contributed by atoms with Gasteiger partial charge in [-0.25, -0.2) is 0 Å². The van der Waals surface area contributed by atoms with Crippen LogP contribution < -0.4 is 5.32 Å². The molecule has 19 heavy (non-hydrogen) atoms. The summed E-state index contributed by atoms with van der Waals surface area (Å²) in [5.41, 5.74) is 2.38. The van der Waals surface area contributed by atoms with Gasteiger partial charge < -0.3 is 5.32 Å². The molecule has 0 fully saturated rings. The minimum atomic E-state index is 0.134. The maximum atomic E-state index is 12.4. The highest BCUT2D eigenvalue weighted by molar-refractivity contribution is 5.79. The third-order valence-corrected chi connectivity index (χ3v) is 4.00. The van der Waals surface area contributed by atoms with Gasteiger partial charge in [0.1, 0.15) is 0 Å². The van der Waals surface area contributed by atoms with Gasteiger partial charge >= 0.3 is 0 Å². The van der Waals surface area contributed by atoms with Crippen LogP contribution in [0.25, 0.3) is 0 Å². The van der Waals surface area contributed by atoms with Gasteiger partial charge in [0.15, 0.2) is 0 Å². The predicted octanol–water partition coefficient (Wildman–Crippen LogP) is 3.12. The molecule has 1 amide bonds. The third kappa shape index (κ3) is 3.37. The SMILES string of the molecule is CCCC(CCC)C(=O)N[C@H]1CCCc2cn[nH]c21. The lowest BCUT2D eigenvalue weighted by atomic mass is 9.92. The van der Waals surface area contributed by atoms with Crippen molar-refractivity contribution in [1.29, 1.82) is 0 Å². The van der Waals surface area contributed by atoms with Gasteiger partial charge in [-0.3, -0.25) is 9.89 Å². The Labute approximate surface area is 115 Å². The lowest BCUT2D eigenvalue weighted by Gasteiger charge is -2.25. The van der Waals surface area contributed by atoms with Crippen LogP contribution in [-0.4, -0.2) is 16.1 Å². The Balaban J connectivity index is 1.99. The number of hydrogen-bond acceptors (Lipinski definition) is 2. The van der Waals surface area contributed by atoms with Gasteiger partial charge in [-0.15, -0.1) is 0 Å². The molecule has 1 aliphatic carbocycles. The second-order valence-corrected chi connectivity index (χ2v) is 5.54. The average molecular weight is 263 g/mol. The van der Waals surface area contributed by atoms with Crippen molar-refractivity contribution in [3.8, 4) is 0 Å². The topological polar surface area (TPSA) is 57.8 Å². The Morgan fingerprint density at radius 2 is 2.21 bits per heavy atom. The maximum Gasteiger partial charge on any atom is 0.223 e. The molecule has 0 unspecified atom stereocenters. The zero-order valence-electron chi connectivity index (χ0n) is 12.0. The second-order valence-electron chi connectivity index (χ2n) is 5.54. The molecule has 1 heterocycles. The van der Waals surface area contributed by atoms with Gasteiger partial charge in [-0.05, 0) is 37.7 Å². The van der Waals surface area contributed by atoms with E-state index in [4.69, 9.17) is 0 Å². The van der Waals surface area contributed by atoms with Crippen LogP contribution in [0.2, 0.25) is 0 Å². The van der Waals surface area contributed by atoms with E-state index in [0.29, 0.717) is 0 Å². The van der Waals surface area contributed by atoms with Gasteiger partial charge in [0.05, 0.1) is 17.9 Å². The number of aromatic nitrogens is 2. The number of fused-ring (bicyclic) bond motifs is 1. The summed E-state index contributed by atoms with van der Waals surface area (Å²) in [7, 11) is 0. The average Bonchev–Trinajstić information content (AvgIpc) is 2.88. The number of hydrogen-bond donors (Lipinski definition) is 2. The smallest absolute Gasteiger partial charge is 0.223 e. The van der Waals surface area contributed by atoms with Crippen LogP contribution in [0.4, 0.5) is 0 Å². The molecule has 0 bridgehead atoms. The van der Waals surface area contributed by atoms with Crippen LogP contribution in [0.15, 0.2) is 6.20 Å². The van der Waals surface area contributed by atoms with Crippen molar-refractivity contribution in [3.05, 3.63) is 17.5 Å².